The monoisotopic (exact) mass is 291 g/mol. The van der Waals surface area contributed by atoms with Gasteiger partial charge in [-0.15, -0.1) is 0 Å². The van der Waals surface area contributed by atoms with E-state index in [1.807, 2.05) is 13.8 Å². The summed E-state index contributed by atoms with van der Waals surface area (Å²) in [6.07, 6.45) is 3.18. The number of sulfonamides is 1. The molecule has 0 aromatic carbocycles. The number of nitrogens with zero attached hydrogens (tertiary/aromatic N) is 1. The van der Waals surface area contributed by atoms with Crippen molar-refractivity contribution in [3.8, 4) is 0 Å². The maximum atomic E-state index is 12.4. The van der Waals surface area contributed by atoms with Gasteiger partial charge in [0.15, 0.2) is 0 Å². The summed E-state index contributed by atoms with van der Waals surface area (Å²) in [6, 6.07) is -0.0650. The molecule has 1 unspecified atom stereocenters. The van der Waals surface area contributed by atoms with Gasteiger partial charge in [-0.1, -0.05) is 6.92 Å². The number of nitrogens with two attached hydrogens (primary N) is 1. The Labute approximate surface area is 115 Å². The van der Waals surface area contributed by atoms with Crippen LogP contribution in [-0.4, -0.2) is 51.2 Å². The smallest absolute Gasteiger partial charge is 0.229 e. The number of amides is 1. The van der Waals surface area contributed by atoms with Gasteiger partial charge < -0.3 is 10.6 Å². The van der Waals surface area contributed by atoms with Gasteiger partial charge in [-0.3, -0.25) is 4.79 Å². The zero-order valence-electron chi connectivity index (χ0n) is 12.0. The number of rotatable bonds is 5. The first kappa shape index (κ1) is 16.4. The van der Waals surface area contributed by atoms with E-state index in [-0.39, 0.29) is 11.9 Å². The molecule has 0 aliphatic carbocycles. The number of nitrogens with one attached hydrogen (secondary N) is 1. The molecule has 1 aliphatic rings. The number of hydrogen-bond acceptors (Lipinski definition) is 4. The van der Waals surface area contributed by atoms with Crippen molar-refractivity contribution in [1.29, 1.82) is 0 Å². The second-order valence-electron chi connectivity index (χ2n) is 5.57. The first-order chi connectivity index (χ1) is 8.72. The van der Waals surface area contributed by atoms with Crippen LogP contribution in [-0.2, 0) is 14.8 Å². The minimum absolute atomic E-state index is 0.0650. The van der Waals surface area contributed by atoms with Crippen molar-refractivity contribution in [2.24, 2.45) is 11.1 Å². The van der Waals surface area contributed by atoms with Crippen molar-refractivity contribution in [3.05, 3.63) is 0 Å². The molecule has 0 aromatic rings. The maximum Gasteiger partial charge on any atom is 0.229 e. The molecular formula is C12H25N3O3S. The predicted octanol–water partition coefficient (Wildman–Crippen LogP) is -0.0984. The van der Waals surface area contributed by atoms with Crippen molar-refractivity contribution in [2.75, 3.05) is 25.9 Å². The fraction of sp³-hybridized carbons (Fsp3) is 0.917. The molecule has 0 saturated carbocycles. The van der Waals surface area contributed by atoms with Crippen LogP contribution in [0.4, 0.5) is 0 Å². The molecule has 1 aliphatic heterocycles. The Hall–Kier alpha value is -0.660. The topological polar surface area (TPSA) is 92.5 Å². The van der Waals surface area contributed by atoms with Gasteiger partial charge in [0, 0.05) is 25.7 Å². The first-order valence-electron chi connectivity index (χ1n) is 6.68. The summed E-state index contributed by atoms with van der Waals surface area (Å²) in [4.78, 5) is 14.2. The van der Waals surface area contributed by atoms with Gasteiger partial charge in [0.2, 0.25) is 15.9 Å². The van der Waals surface area contributed by atoms with Gasteiger partial charge >= 0.3 is 0 Å². The highest BCUT2D eigenvalue weighted by Crippen LogP contribution is 2.24. The second kappa shape index (κ2) is 6.19. The van der Waals surface area contributed by atoms with E-state index in [9.17, 15) is 13.2 Å². The van der Waals surface area contributed by atoms with Gasteiger partial charge in [0.25, 0.3) is 0 Å². The maximum absolute atomic E-state index is 12.4. The van der Waals surface area contributed by atoms with Crippen LogP contribution < -0.4 is 10.5 Å². The first-order valence-corrected chi connectivity index (χ1v) is 8.57. The summed E-state index contributed by atoms with van der Waals surface area (Å²) in [5.41, 5.74) is 5.19. The molecule has 7 heteroatoms. The Bertz CT molecular complexity index is 410. The molecule has 112 valence electrons. The molecule has 0 bridgehead atoms. The van der Waals surface area contributed by atoms with E-state index in [0.29, 0.717) is 38.9 Å². The van der Waals surface area contributed by atoms with Crippen LogP contribution in [0.15, 0.2) is 0 Å². The molecule has 0 spiro atoms. The van der Waals surface area contributed by atoms with E-state index >= 15 is 0 Å². The largest absolute Gasteiger partial charge is 0.342 e. The van der Waals surface area contributed by atoms with E-state index in [2.05, 4.69) is 4.72 Å². The summed E-state index contributed by atoms with van der Waals surface area (Å²) in [7, 11) is -3.17. The summed E-state index contributed by atoms with van der Waals surface area (Å²) < 4.78 is 24.9. The highest BCUT2D eigenvalue weighted by Gasteiger charge is 2.35. The third-order valence-corrected chi connectivity index (χ3v) is 4.67. The fourth-order valence-electron chi connectivity index (χ4n) is 2.27. The number of hydrogen-bond donors (Lipinski definition) is 2. The standard InChI is InChI=1S/C12H25N3O3S/c1-4-12(2,9-13)11(16)15-7-5-10(6-8-15)14-19(3,17)18/h10,14H,4-9,13H2,1-3H3. The fourth-order valence-corrected chi connectivity index (χ4v) is 3.11. The Balaban J connectivity index is 2.57. The average Bonchev–Trinajstić information content (AvgIpc) is 2.36. The average molecular weight is 291 g/mol. The Morgan fingerprint density at radius 1 is 1.42 bits per heavy atom. The molecule has 1 saturated heterocycles. The van der Waals surface area contributed by atoms with E-state index < -0.39 is 15.4 Å². The normalized spacial score (nSPS) is 21.2. The summed E-state index contributed by atoms with van der Waals surface area (Å²) in [5.74, 6) is 0.0790. The van der Waals surface area contributed by atoms with Crippen LogP contribution in [0, 0.1) is 5.41 Å². The zero-order chi connectivity index (χ0) is 14.7. The highest BCUT2D eigenvalue weighted by molar-refractivity contribution is 7.88. The molecule has 1 fully saturated rings. The highest BCUT2D eigenvalue weighted by atomic mass is 32.2. The molecule has 1 rings (SSSR count). The summed E-state index contributed by atoms with van der Waals surface area (Å²) in [5, 5.41) is 0. The lowest BCUT2D eigenvalue weighted by atomic mass is 9.85. The Morgan fingerprint density at radius 3 is 2.32 bits per heavy atom. The Kier molecular flexibility index (Phi) is 5.34. The van der Waals surface area contributed by atoms with Crippen molar-refractivity contribution in [2.45, 2.75) is 39.2 Å². The van der Waals surface area contributed by atoms with Gasteiger partial charge in [-0.25, -0.2) is 13.1 Å². The van der Waals surface area contributed by atoms with E-state index in [1.54, 1.807) is 4.90 Å². The van der Waals surface area contributed by atoms with Crippen LogP contribution in [0.5, 0.6) is 0 Å². The molecule has 0 aromatic heterocycles. The van der Waals surface area contributed by atoms with Crippen LogP contribution in [0.2, 0.25) is 0 Å². The zero-order valence-corrected chi connectivity index (χ0v) is 12.8. The molecule has 3 N–H and O–H groups in total. The predicted molar refractivity (Wildman–Crippen MR) is 75.0 cm³/mol. The van der Waals surface area contributed by atoms with Crippen molar-refractivity contribution >= 4 is 15.9 Å². The minimum Gasteiger partial charge on any atom is -0.342 e. The van der Waals surface area contributed by atoms with Crippen molar-refractivity contribution in [1.82, 2.24) is 9.62 Å². The lowest BCUT2D eigenvalue weighted by Crippen LogP contribution is -2.51. The number of carbonyl (C=O) groups excluding carboxylic acids is 1. The van der Waals surface area contributed by atoms with Crippen molar-refractivity contribution < 1.29 is 13.2 Å². The number of likely N-dealkylation sites (tertiary alicyclic amines) is 1. The van der Waals surface area contributed by atoms with E-state index in [0.717, 1.165) is 6.26 Å². The van der Waals surface area contributed by atoms with Gasteiger partial charge in [-0.2, -0.15) is 0 Å². The quantitative estimate of drug-likeness (QED) is 0.740. The Morgan fingerprint density at radius 2 is 1.95 bits per heavy atom. The van der Waals surface area contributed by atoms with E-state index in [4.69, 9.17) is 5.73 Å². The third kappa shape index (κ3) is 4.43. The lowest BCUT2D eigenvalue weighted by Gasteiger charge is -2.37. The van der Waals surface area contributed by atoms with Crippen LogP contribution >= 0.6 is 0 Å². The van der Waals surface area contributed by atoms with Crippen molar-refractivity contribution in [3.63, 3.8) is 0 Å². The van der Waals surface area contributed by atoms with Gasteiger partial charge in [0.1, 0.15) is 0 Å². The van der Waals surface area contributed by atoms with Gasteiger partial charge in [0.05, 0.1) is 11.7 Å². The SMILES string of the molecule is CCC(C)(CN)C(=O)N1CCC(NS(C)(=O)=O)CC1. The van der Waals surface area contributed by atoms with Crippen LogP contribution in [0.3, 0.4) is 0 Å². The molecular weight excluding hydrogens is 266 g/mol. The second-order valence-corrected chi connectivity index (χ2v) is 7.35. The van der Waals surface area contributed by atoms with Gasteiger partial charge in [-0.05, 0) is 26.2 Å². The molecule has 1 heterocycles. The summed E-state index contributed by atoms with van der Waals surface area (Å²) in [6.45, 7) is 5.35. The van der Waals surface area contributed by atoms with Crippen LogP contribution in [0.1, 0.15) is 33.1 Å². The minimum atomic E-state index is -3.17. The summed E-state index contributed by atoms with van der Waals surface area (Å²) >= 11 is 0. The number of carbonyl (C=O) groups is 1. The molecule has 6 nitrogen and oxygen atoms in total. The van der Waals surface area contributed by atoms with E-state index in [1.165, 1.54) is 0 Å². The third-order valence-electron chi connectivity index (χ3n) is 3.91. The lowest BCUT2D eigenvalue weighted by molar-refractivity contribution is -0.142. The number of piperidine rings is 1. The molecule has 1 amide bonds. The molecule has 0 radical (unpaired) electrons. The molecule has 1 atom stereocenters. The van der Waals surface area contributed by atoms with Crippen LogP contribution in [0.25, 0.3) is 0 Å². The molecule has 19 heavy (non-hydrogen) atoms.